The van der Waals surface area contributed by atoms with Crippen LogP contribution in [0.5, 0.6) is 0 Å². The summed E-state index contributed by atoms with van der Waals surface area (Å²) >= 11 is 5.58. The zero-order chi connectivity index (χ0) is 9.56. The van der Waals surface area contributed by atoms with Crippen molar-refractivity contribution in [3.63, 3.8) is 0 Å². The lowest BCUT2D eigenvalue weighted by atomic mass is 10.3. The van der Waals surface area contributed by atoms with Crippen molar-refractivity contribution in [1.29, 1.82) is 0 Å². The second-order valence-corrected chi connectivity index (χ2v) is 3.06. The molecule has 0 aliphatic heterocycles. The third-order valence-electron chi connectivity index (χ3n) is 1.48. The second-order valence-electron chi connectivity index (χ2n) is 2.53. The highest BCUT2D eigenvalue weighted by Gasteiger charge is 2.05. The van der Waals surface area contributed by atoms with Crippen LogP contribution < -0.4 is 0 Å². The van der Waals surface area contributed by atoms with Gasteiger partial charge in [-0.05, 0) is 6.54 Å². The zero-order valence-electron chi connectivity index (χ0n) is 7.22. The van der Waals surface area contributed by atoms with Crippen molar-refractivity contribution in [3.05, 3.63) is 11.6 Å². The van der Waals surface area contributed by atoms with E-state index < -0.39 is 5.97 Å². The van der Waals surface area contributed by atoms with Crippen molar-refractivity contribution in [3.8, 4) is 0 Å². The minimum atomic E-state index is -0.784. The molecule has 0 atom stereocenters. The topological polar surface area (TPSA) is 40.5 Å². The summed E-state index contributed by atoms with van der Waals surface area (Å²) in [4.78, 5) is 12.2. The Kier molecular flexibility index (Phi) is 5.76. The van der Waals surface area contributed by atoms with E-state index in [0.29, 0.717) is 18.1 Å². The van der Waals surface area contributed by atoms with Gasteiger partial charge < -0.3 is 5.11 Å². The lowest BCUT2D eigenvalue weighted by Crippen LogP contribution is -2.27. The summed E-state index contributed by atoms with van der Waals surface area (Å²) in [6.45, 7) is 7.38. The first-order valence-electron chi connectivity index (χ1n) is 3.83. The van der Waals surface area contributed by atoms with E-state index in [1.54, 1.807) is 0 Å². The van der Waals surface area contributed by atoms with Crippen LogP contribution in [0, 0.1) is 0 Å². The molecule has 4 heteroatoms. The molecule has 12 heavy (non-hydrogen) atoms. The molecule has 0 aromatic rings. The fraction of sp³-hybridized carbons (Fsp3) is 0.625. The molecular weight excluding hydrogens is 178 g/mol. The number of hydrogen-bond donors (Lipinski definition) is 1. The Morgan fingerprint density at radius 1 is 1.67 bits per heavy atom. The van der Waals surface area contributed by atoms with Crippen LogP contribution in [0.4, 0.5) is 0 Å². The van der Waals surface area contributed by atoms with Crippen molar-refractivity contribution in [2.24, 2.45) is 0 Å². The van der Waals surface area contributed by atoms with E-state index in [1.165, 1.54) is 0 Å². The van der Waals surface area contributed by atoms with Crippen LogP contribution in [0.1, 0.15) is 13.3 Å². The summed E-state index contributed by atoms with van der Waals surface area (Å²) < 4.78 is 0. The highest BCUT2D eigenvalue weighted by Crippen LogP contribution is 2.01. The van der Waals surface area contributed by atoms with Gasteiger partial charge in [0, 0.05) is 18.1 Å². The number of likely N-dealkylation sites (N-methyl/N-ethyl adjacent to an activating group) is 1. The molecule has 0 unspecified atom stereocenters. The second kappa shape index (κ2) is 6.03. The number of rotatable bonds is 6. The third-order valence-corrected chi connectivity index (χ3v) is 1.60. The molecule has 0 saturated carbocycles. The SMILES string of the molecule is C=C(Cl)CN(CC)CCC(=O)O. The predicted molar refractivity (Wildman–Crippen MR) is 49.4 cm³/mol. The smallest absolute Gasteiger partial charge is 0.304 e. The maximum absolute atomic E-state index is 10.2. The first-order valence-corrected chi connectivity index (χ1v) is 4.21. The molecular formula is C8H14ClNO2. The molecule has 1 N–H and O–H groups in total. The standard InChI is InChI=1S/C8H14ClNO2/c1-3-10(6-7(2)9)5-4-8(11)12/h2-6H2,1H3,(H,11,12). The Morgan fingerprint density at radius 2 is 2.25 bits per heavy atom. The molecule has 0 aliphatic carbocycles. The summed E-state index contributed by atoms with van der Waals surface area (Å²) in [5.41, 5.74) is 0. The molecule has 70 valence electrons. The van der Waals surface area contributed by atoms with Crippen LogP contribution >= 0.6 is 11.6 Å². The van der Waals surface area contributed by atoms with Crippen LogP contribution in [0.25, 0.3) is 0 Å². The fourth-order valence-electron chi connectivity index (χ4n) is 0.845. The van der Waals surface area contributed by atoms with E-state index in [4.69, 9.17) is 16.7 Å². The van der Waals surface area contributed by atoms with Gasteiger partial charge in [-0.2, -0.15) is 0 Å². The highest BCUT2D eigenvalue weighted by molar-refractivity contribution is 6.29. The molecule has 0 rings (SSSR count). The monoisotopic (exact) mass is 191 g/mol. The predicted octanol–water partition coefficient (Wildman–Crippen LogP) is 1.54. The number of nitrogens with zero attached hydrogens (tertiary/aromatic N) is 1. The van der Waals surface area contributed by atoms with E-state index in [1.807, 2.05) is 11.8 Å². The molecule has 0 radical (unpaired) electrons. The van der Waals surface area contributed by atoms with Crippen molar-refractivity contribution < 1.29 is 9.90 Å². The van der Waals surface area contributed by atoms with Crippen LogP contribution in [-0.2, 0) is 4.79 Å². The van der Waals surface area contributed by atoms with E-state index >= 15 is 0 Å². The normalized spacial score (nSPS) is 10.2. The zero-order valence-corrected chi connectivity index (χ0v) is 7.97. The Balaban J connectivity index is 3.67. The number of carboxylic acid groups (broad SMARTS) is 1. The van der Waals surface area contributed by atoms with Gasteiger partial charge in [0.2, 0.25) is 0 Å². The van der Waals surface area contributed by atoms with Gasteiger partial charge in [0.15, 0.2) is 0 Å². The number of carboxylic acids is 1. The Morgan fingerprint density at radius 3 is 2.58 bits per heavy atom. The molecule has 0 saturated heterocycles. The van der Waals surface area contributed by atoms with E-state index in [-0.39, 0.29) is 6.42 Å². The maximum Gasteiger partial charge on any atom is 0.304 e. The molecule has 0 bridgehead atoms. The third kappa shape index (κ3) is 6.19. The molecule has 0 fully saturated rings. The molecule has 0 amide bonds. The Labute approximate surface area is 77.6 Å². The van der Waals surface area contributed by atoms with Crippen LogP contribution in [0.3, 0.4) is 0 Å². The number of halogens is 1. The maximum atomic E-state index is 10.2. The average Bonchev–Trinajstić information content (AvgIpc) is 1.97. The van der Waals surface area contributed by atoms with E-state index in [9.17, 15) is 4.79 Å². The van der Waals surface area contributed by atoms with Crippen LogP contribution in [0.2, 0.25) is 0 Å². The van der Waals surface area contributed by atoms with Crippen molar-refractivity contribution in [2.45, 2.75) is 13.3 Å². The molecule has 0 aromatic carbocycles. The van der Waals surface area contributed by atoms with E-state index in [2.05, 4.69) is 6.58 Å². The number of hydrogen-bond acceptors (Lipinski definition) is 2. The first kappa shape index (κ1) is 11.5. The summed E-state index contributed by atoms with van der Waals surface area (Å²) in [7, 11) is 0. The van der Waals surface area contributed by atoms with Gasteiger partial charge >= 0.3 is 5.97 Å². The first-order chi connectivity index (χ1) is 5.56. The van der Waals surface area contributed by atoms with Crippen molar-refractivity contribution in [2.75, 3.05) is 19.6 Å². The Bertz CT molecular complexity index is 170. The van der Waals surface area contributed by atoms with Gasteiger partial charge in [0.1, 0.15) is 0 Å². The highest BCUT2D eigenvalue weighted by atomic mass is 35.5. The lowest BCUT2D eigenvalue weighted by molar-refractivity contribution is -0.137. The fourth-order valence-corrected chi connectivity index (χ4v) is 1.01. The molecule has 0 aliphatic rings. The summed E-state index contributed by atoms with van der Waals surface area (Å²) in [5.74, 6) is -0.784. The van der Waals surface area contributed by atoms with Crippen molar-refractivity contribution in [1.82, 2.24) is 4.90 Å². The molecule has 0 aromatic heterocycles. The summed E-state index contributed by atoms with van der Waals surface area (Å²) in [5, 5.41) is 8.95. The van der Waals surface area contributed by atoms with Gasteiger partial charge in [-0.3, -0.25) is 9.69 Å². The molecule has 0 spiro atoms. The largest absolute Gasteiger partial charge is 0.481 e. The van der Waals surface area contributed by atoms with Crippen LogP contribution in [0.15, 0.2) is 11.6 Å². The summed E-state index contributed by atoms with van der Waals surface area (Å²) in [6.07, 6.45) is 0.151. The van der Waals surface area contributed by atoms with Crippen LogP contribution in [-0.4, -0.2) is 35.6 Å². The van der Waals surface area contributed by atoms with Gasteiger partial charge in [-0.25, -0.2) is 0 Å². The molecule has 0 heterocycles. The lowest BCUT2D eigenvalue weighted by Gasteiger charge is -2.17. The number of carbonyl (C=O) groups is 1. The van der Waals surface area contributed by atoms with Gasteiger partial charge in [-0.1, -0.05) is 25.1 Å². The van der Waals surface area contributed by atoms with Gasteiger partial charge in [0.05, 0.1) is 6.42 Å². The average molecular weight is 192 g/mol. The Hall–Kier alpha value is -0.540. The van der Waals surface area contributed by atoms with Crippen molar-refractivity contribution >= 4 is 17.6 Å². The summed E-state index contributed by atoms with van der Waals surface area (Å²) in [6, 6.07) is 0. The number of aliphatic carboxylic acids is 1. The van der Waals surface area contributed by atoms with Gasteiger partial charge in [-0.15, -0.1) is 0 Å². The quantitative estimate of drug-likeness (QED) is 0.693. The molecule has 3 nitrogen and oxygen atoms in total. The minimum Gasteiger partial charge on any atom is -0.481 e. The minimum absolute atomic E-state index is 0.151. The van der Waals surface area contributed by atoms with E-state index in [0.717, 1.165) is 6.54 Å². The van der Waals surface area contributed by atoms with Gasteiger partial charge in [0.25, 0.3) is 0 Å².